The summed E-state index contributed by atoms with van der Waals surface area (Å²) in [6.07, 6.45) is 1.40. The van der Waals surface area contributed by atoms with Crippen LogP contribution in [0.15, 0.2) is 18.2 Å². The van der Waals surface area contributed by atoms with Crippen molar-refractivity contribution in [2.24, 2.45) is 0 Å². The van der Waals surface area contributed by atoms with E-state index in [1.165, 1.54) is 12.1 Å². The van der Waals surface area contributed by atoms with E-state index in [-0.39, 0.29) is 12.0 Å². The number of nitrogens with one attached hydrogen (secondary N) is 1. The summed E-state index contributed by atoms with van der Waals surface area (Å²) < 4.78 is 26.0. The third-order valence-corrected chi connectivity index (χ3v) is 2.73. The number of aldehydes is 1. The molecule has 0 spiro atoms. The monoisotopic (exact) mass is 211 g/mol. The maximum atomic E-state index is 13.4. The highest BCUT2D eigenvalue weighted by atomic mass is 19.1. The van der Waals surface area contributed by atoms with Gasteiger partial charge in [0.25, 0.3) is 0 Å². The van der Waals surface area contributed by atoms with Gasteiger partial charge in [-0.1, -0.05) is 6.07 Å². The Morgan fingerprint density at radius 2 is 2.20 bits per heavy atom. The predicted octanol–water partition coefficient (Wildman–Crippen LogP) is 1.61. The van der Waals surface area contributed by atoms with Crippen molar-refractivity contribution in [2.45, 2.75) is 18.4 Å². The molecule has 1 aromatic carbocycles. The molecule has 2 unspecified atom stereocenters. The summed E-state index contributed by atoms with van der Waals surface area (Å²) in [5.74, 6) is -1.15. The molecule has 1 aliphatic rings. The number of carbonyl (C=O) groups is 1. The second-order valence-electron chi connectivity index (χ2n) is 3.75. The quantitative estimate of drug-likeness (QED) is 0.753. The maximum Gasteiger partial charge on any atom is 0.136 e. The first-order valence-corrected chi connectivity index (χ1v) is 4.84. The normalized spacial score (nSPS) is 25.5. The van der Waals surface area contributed by atoms with Gasteiger partial charge in [0.05, 0.1) is 6.04 Å². The summed E-state index contributed by atoms with van der Waals surface area (Å²) in [5.41, 5.74) is 0.480. The van der Waals surface area contributed by atoms with Crippen molar-refractivity contribution >= 4 is 6.29 Å². The van der Waals surface area contributed by atoms with Crippen molar-refractivity contribution < 1.29 is 13.6 Å². The van der Waals surface area contributed by atoms with Crippen LogP contribution in [0, 0.1) is 11.6 Å². The molecule has 0 amide bonds. The first kappa shape index (κ1) is 10.2. The molecule has 0 radical (unpaired) electrons. The Balaban J connectivity index is 2.20. The van der Waals surface area contributed by atoms with E-state index in [2.05, 4.69) is 5.32 Å². The first-order chi connectivity index (χ1) is 7.20. The van der Waals surface area contributed by atoms with Crippen LogP contribution < -0.4 is 5.32 Å². The standard InChI is InChI=1S/C11H11F2NO/c12-8-1-2-10(11(13)4-8)7-3-9(6-15)14-5-7/h1-2,4,6-7,9,14H,3,5H2. The Labute approximate surface area is 86.3 Å². The Kier molecular flexibility index (Phi) is 2.77. The molecule has 1 saturated heterocycles. The highest BCUT2D eigenvalue weighted by Gasteiger charge is 2.26. The van der Waals surface area contributed by atoms with Gasteiger partial charge in [-0.15, -0.1) is 0 Å². The van der Waals surface area contributed by atoms with E-state index in [0.29, 0.717) is 18.5 Å². The summed E-state index contributed by atoms with van der Waals surface area (Å²) in [6.45, 7) is 0.561. The Bertz CT molecular complexity index is 381. The topological polar surface area (TPSA) is 29.1 Å². The molecule has 0 saturated carbocycles. The van der Waals surface area contributed by atoms with E-state index in [0.717, 1.165) is 12.4 Å². The number of hydrogen-bond donors (Lipinski definition) is 1. The van der Waals surface area contributed by atoms with Crippen molar-refractivity contribution in [1.82, 2.24) is 5.32 Å². The average molecular weight is 211 g/mol. The third kappa shape index (κ3) is 2.04. The molecule has 15 heavy (non-hydrogen) atoms. The van der Waals surface area contributed by atoms with Gasteiger partial charge in [-0.3, -0.25) is 0 Å². The van der Waals surface area contributed by atoms with Gasteiger partial charge in [0.15, 0.2) is 0 Å². The number of halogens is 2. The van der Waals surface area contributed by atoms with E-state index in [9.17, 15) is 13.6 Å². The van der Waals surface area contributed by atoms with E-state index in [1.807, 2.05) is 0 Å². The van der Waals surface area contributed by atoms with Crippen molar-refractivity contribution in [1.29, 1.82) is 0 Å². The van der Waals surface area contributed by atoms with Crippen LogP contribution in [0.1, 0.15) is 17.9 Å². The fourth-order valence-electron chi connectivity index (χ4n) is 1.94. The molecule has 4 heteroatoms. The second-order valence-corrected chi connectivity index (χ2v) is 3.75. The zero-order valence-electron chi connectivity index (χ0n) is 8.04. The van der Waals surface area contributed by atoms with Crippen LogP contribution in [0.2, 0.25) is 0 Å². The Morgan fingerprint density at radius 3 is 2.80 bits per heavy atom. The first-order valence-electron chi connectivity index (χ1n) is 4.84. The number of rotatable bonds is 2. The lowest BCUT2D eigenvalue weighted by Gasteiger charge is -2.09. The molecule has 0 bridgehead atoms. The van der Waals surface area contributed by atoms with Crippen LogP contribution in [-0.2, 0) is 4.79 Å². The maximum absolute atomic E-state index is 13.4. The van der Waals surface area contributed by atoms with E-state index < -0.39 is 11.6 Å². The van der Waals surface area contributed by atoms with E-state index >= 15 is 0 Å². The lowest BCUT2D eigenvalue weighted by molar-refractivity contribution is -0.109. The van der Waals surface area contributed by atoms with Crippen molar-refractivity contribution in [3.63, 3.8) is 0 Å². The van der Waals surface area contributed by atoms with Gasteiger partial charge >= 0.3 is 0 Å². The summed E-state index contributed by atoms with van der Waals surface area (Å²) in [7, 11) is 0. The predicted molar refractivity (Wildman–Crippen MR) is 51.6 cm³/mol. The fraction of sp³-hybridized carbons (Fsp3) is 0.364. The largest absolute Gasteiger partial charge is 0.307 e. The van der Waals surface area contributed by atoms with Gasteiger partial charge in [-0.2, -0.15) is 0 Å². The summed E-state index contributed by atoms with van der Waals surface area (Å²) in [6, 6.07) is 3.36. The third-order valence-electron chi connectivity index (χ3n) is 2.73. The van der Waals surface area contributed by atoms with Gasteiger partial charge in [0, 0.05) is 18.5 Å². The van der Waals surface area contributed by atoms with Gasteiger partial charge in [0.1, 0.15) is 17.9 Å². The zero-order chi connectivity index (χ0) is 10.8. The van der Waals surface area contributed by atoms with Crippen LogP contribution in [0.3, 0.4) is 0 Å². The van der Waals surface area contributed by atoms with Crippen LogP contribution in [-0.4, -0.2) is 18.9 Å². The van der Waals surface area contributed by atoms with Gasteiger partial charge in [-0.25, -0.2) is 8.78 Å². The molecule has 1 N–H and O–H groups in total. The minimum absolute atomic E-state index is 0.0409. The molecule has 1 heterocycles. The van der Waals surface area contributed by atoms with E-state index in [4.69, 9.17) is 0 Å². The number of benzene rings is 1. The van der Waals surface area contributed by atoms with Crippen LogP contribution in [0.4, 0.5) is 8.78 Å². The zero-order valence-corrected chi connectivity index (χ0v) is 8.04. The molecule has 2 atom stereocenters. The Hall–Kier alpha value is -1.29. The highest BCUT2D eigenvalue weighted by Crippen LogP contribution is 2.27. The molecular formula is C11H11F2NO. The molecule has 1 fully saturated rings. The molecular weight excluding hydrogens is 200 g/mol. The average Bonchev–Trinajstić information content (AvgIpc) is 2.66. The molecule has 80 valence electrons. The lowest BCUT2D eigenvalue weighted by atomic mass is 9.96. The second kappa shape index (κ2) is 4.06. The minimum atomic E-state index is -0.575. The molecule has 0 aliphatic carbocycles. The molecule has 1 aliphatic heterocycles. The molecule has 2 nitrogen and oxygen atoms in total. The Morgan fingerprint density at radius 1 is 1.40 bits per heavy atom. The number of hydrogen-bond acceptors (Lipinski definition) is 2. The summed E-state index contributed by atoms with van der Waals surface area (Å²) in [5, 5.41) is 2.97. The molecule has 0 aromatic heterocycles. The summed E-state index contributed by atoms with van der Waals surface area (Å²) >= 11 is 0. The van der Waals surface area contributed by atoms with Gasteiger partial charge in [0.2, 0.25) is 0 Å². The fourth-order valence-corrected chi connectivity index (χ4v) is 1.94. The van der Waals surface area contributed by atoms with Crippen LogP contribution in [0.5, 0.6) is 0 Å². The van der Waals surface area contributed by atoms with E-state index in [1.54, 1.807) is 0 Å². The SMILES string of the molecule is O=CC1CC(c2ccc(F)cc2F)CN1. The van der Waals surface area contributed by atoms with Crippen LogP contribution in [0.25, 0.3) is 0 Å². The van der Waals surface area contributed by atoms with Crippen molar-refractivity contribution in [3.05, 3.63) is 35.4 Å². The van der Waals surface area contributed by atoms with Crippen molar-refractivity contribution in [2.75, 3.05) is 6.54 Å². The number of carbonyl (C=O) groups excluding carboxylic acids is 1. The van der Waals surface area contributed by atoms with Crippen LogP contribution >= 0.6 is 0 Å². The molecule has 2 rings (SSSR count). The lowest BCUT2D eigenvalue weighted by Crippen LogP contribution is -2.22. The molecule has 1 aromatic rings. The van der Waals surface area contributed by atoms with Gasteiger partial charge in [-0.05, 0) is 18.1 Å². The minimum Gasteiger partial charge on any atom is -0.307 e. The van der Waals surface area contributed by atoms with Crippen molar-refractivity contribution in [3.8, 4) is 0 Å². The van der Waals surface area contributed by atoms with Gasteiger partial charge < -0.3 is 10.1 Å². The summed E-state index contributed by atoms with van der Waals surface area (Å²) in [4.78, 5) is 10.5. The highest BCUT2D eigenvalue weighted by molar-refractivity contribution is 5.58. The smallest absolute Gasteiger partial charge is 0.136 e.